The first-order chi connectivity index (χ1) is 12.1. The summed E-state index contributed by atoms with van der Waals surface area (Å²) in [6.45, 7) is 2.60. The Morgan fingerprint density at radius 3 is 2.44 bits per heavy atom. The van der Waals surface area contributed by atoms with Gasteiger partial charge in [0.2, 0.25) is 5.91 Å². The van der Waals surface area contributed by atoms with Crippen molar-refractivity contribution < 1.29 is 14.7 Å². The molecule has 1 aliphatic carbocycles. The molecule has 1 aromatic heterocycles. The number of carbonyl (C=O) groups excluding carboxylic acids is 1. The molecule has 0 unspecified atom stereocenters. The number of carboxylic acids is 1. The van der Waals surface area contributed by atoms with Gasteiger partial charge in [0.05, 0.1) is 12.1 Å². The Bertz CT molecular complexity index is 641. The fourth-order valence-corrected chi connectivity index (χ4v) is 4.34. The molecule has 3 fully saturated rings. The molecule has 1 N–H and O–H groups in total. The van der Waals surface area contributed by atoms with Crippen molar-refractivity contribution in [3.8, 4) is 0 Å². The highest BCUT2D eigenvalue weighted by Crippen LogP contribution is 2.44. The second-order valence-corrected chi connectivity index (χ2v) is 7.51. The predicted molar refractivity (Wildman–Crippen MR) is 90.9 cm³/mol. The predicted octanol–water partition coefficient (Wildman–Crippen LogP) is 1.26. The fraction of sp³-hybridized carbons (Fsp3) is 0.667. The minimum atomic E-state index is -0.746. The highest BCUT2D eigenvalue weighted by Gasteiger charge is 2.47. The van der Waals surface area contributed by atoms with Gasteiger partial charge in [-0.1, -0.05) is 0 Å². The highest BCUT2D eigenvalue weighted by atomic mass is 16.4. The number of likely N-dealkylation sites (tertiary alicyclic amines) is 1. The summed E-state index contributed by atoms with van der Waals surface area (Å²) in [7, 11) is 0. The summed E-state index contributed by atoms with van der Waals surface area (Å²) in [5.74, 6) is 0.544. The van der Waals surface area contributed by atoms with Gasteiger partial charge >= 0.3 is 5.97 Å². The maximum Gasteiger partial charge on any atom is 0.308 e. The van der Waals surface area contributed by atoms with Crippen LogP contribution in [0, 0.1) is 23.7 Å². The molecule has 1 saturated carbocycles. The van der Waals surface area contributed by atoms with Crippen molar-refractivity contribution in [1.82, 2.24) is 14.9 Å². The van der Waals surface area contributed by atoms with E-state index in [0.29, 0.717) is 19.0 Å². The van der Waals surface area contributed by atoms with Gasteiger partial charge in [-0.05, 0) is 37.5 Å². The maximum absolute atomic E-state index is 12.9. The van der Waals surface area contributed by atoms with E-state index < -0.39 is 5.97 Å². The zero-order valence-electron chi connectivity index (χ0n) is 14.3. The van der Waals surface area contributed by atoms with Crippen molar-refractivity contribution in [2.75, 3.05) is 31.1 Å². The zero-order valence-corrected chi connectivity index (χ0v) is 14.3. The first kappa shape index (κ1) is 16.3. The molecule has 2 aliphatic heterocycles. The standard InChI is InChI=1S/C18H24N4O3/c23-17(22-10-14(12-1-2-12)15(11-22)18(24)25)13-3-7-21(8-4-13)16-9-19-5-6-20-16/h5-6,9,12-15H,1-4,7-8,10-11H2,(H,24,25)/t14-,15+/m1/s1. The lowest BCUT2D eigenvalue weighted by molar-refractivity contribution is -0.143. The van der Waals surface area contributed by atoms with E-state index in [2.05, 4.69) is 14.9 Å². The molecule has 134 valence electrons. The van der Waals surface area contributed by atoms with Crippen LogP contribution in [0.15, 0.2) is 18.6 Å². The summed E-state index contributed by atoms with van der Waals surface area (Å²) in [5, 5.41) is 9.47. The van der Waals surface area contributed by atoms with E-state index in [0.717, 1.165) is 44.6 Å². The number of amides is 1. The van der Waals surface area contributed by atoms with Gasteiger partial charge in [0.1, 0.15) is 5.82 Å². The van der Waals surface area contributed by atoms with Crippen LogP contribution in [0.4, 0.5) is 5.82 Å². The van der Waals surface area contributed by atoms with E-state index in [1.165, 1.54) is 0 Å². The average Bonchev–Trinajstić information content (AvgIpc) is 3.40. The topological polar surface area (TPSA) is 86.6 Å². The molecule has 0 spiro atoms. The third-order valence-electron chi connectivity index (χ3n) is 5.94. The van der Waals surface area contributed by atoms with Crippen molar-refractivity contribution in [3.63, 3.8) is 0 Å². The van der Waals surface area contributed by atoms with Gasteiger partial charge in [0.25, 0.3) is 0 Å². The van der Waals surface area contributed by atoms with Crippen molar-refractivity contribution in [2.45, 2.75) is 25.7 Å². The molecule has 0 bridgehead atoms. The largest absolute Gasteiger partial charge is 0.481 e. The Morgan fingerprint density at radius 1 is 1.08 bits per heavy atom. The van der Waals surface area contributed by atoms with Crippen LogP contribution < -0.4 is 4.90 Å². The van der Waals surface area contributed by atoms with E-state index in [1.807, 2.05) is 4.90 Å². The van der Waals surface area contributed by atoms with Crippen LogP contribution in [0.3, 0.4) is 0 Å². The van der Waals surface area contributed by atoms with E-state index in [1.54, 1.807) is 18.6 Å². The molecule has 2 saturated heterocycles. The van der Waals surface area contributed by atoms with Crippen LogP contribution in [0.25, 0.3) is 0 Å². The van der Waals surface area contributed by atoms with Crippen molar-refractivity contribution in [1.29, 1.82) is 0 Å². The first-order valence-electron chi connectivity index (χ1n) is 9.16. The number of nitrogens with zero attached hydrogens (tertiary/aromatic N) is 4. The molecule has 4 rings (SSSR count). The lowest BCUT2D eigenvalue weighted by Crippen LogP contribution is -2.42. The molecule has 0 radical (unpaired) electrons. The number of rotatable bonds is 4. The summed E-state index contributed by atoms with van der Waals surface area (Å²) < 4.78 is 0. The third-order valence-corrected chi connectivity index (χ3v) is 5.94. The molecular formula is C18H24N4O3. The third kappa shape index (κ3) is 3.32. The Hall–Kier alpha value is -2.18. The number of aromatic nitrogens is 2. The summed E-state index contributed by atoms with van der Waals surface area (Å²) >= 11 is 0. The first-order valence-corrected chi connectivity index (χ1v) is 9.16. The van der Waals surface area contributed by atoms with E-state index in [-0.39, 0.29) is 23.7 Å². The maximum atomic E-state index is 12.9. The number of aliphatic carboxylic acids is 1. The number of carboxylic acid groups (broad SMARTS) is 1. The quantitative estimate of drug-likeness (QED) is 0.885. The highest BCUT2D eigenvalue weighted by molar-refractivity contribution is 5.81. The van der Waals surface area contributed by atoms with Gasteiger partial charge in [-0.25, -0.2) is 4.98 Å². The average molecular weight is 344 g/mol. The van der Waals surface area contributed by atoms with Crippen molar-refractivity contribution in [3.05, 3.63) is 18.6 Å². The van der Waals surface area contributed by atoms with E-state index in [4.69, 9.17) is 0 Å². The number of piperidine rings is 1. The molecule has 3 aliphatic rings. The Labute approximate surface area is 147 Å². The van der Waals surface area contributed by atoms with Crippen LogP contribution in [0.5, 0.6) is 0 Å². The second kappa shape index (κ2) is 6.61. The van der Waals surface area contributed by atoms with Crippen LogP contribution in [0.1, 0.15) is 25.7 Å². The number of anilines is 1. The number of hydrogen-bond acceptors (Lipinski definition) is 5. The second-order valence-electron chi connectivity index (χ2n) is 7.51. The van der Waals surface area contributed by atoms with Gasteiger partial charge in [-0.2, -0.15) is 0 Å². The molecule has 7 nitrogen and oxygen atoms in total. The van der Waals surface area contributed by atoms with Gasteiger partial charge in [0.15, 0.2) is 0 Å². The molecular weight excluding hydrogens is 320 g/mol. The molecule has 2 atom stereocenters. The van der Waals surface area contributed by atoms with Crippen LogP contribution >= 0.6 is 0 Å². The minimum absolute atomic E-state index is 0.000296. The number of hydrogen-bond donors (Lipinski definition) is 1. The van der Waals surface area contributed by atoms with Crippen LogP contribution in [-0.2, 0) is 9.59 Å². The van der Waals surface area contributed by atoms with Gasteiger partial charge in [-0.15, -0.1) is 0 Å². The van der Waals surface area contributed by atoms with Crippen molar-refractivity contribution in [2.24, 2.45) is 23.7 Å². The molecule has 1 amide bonds. The minimum Gasteiger partial charge on any atom is -0.481 e. The van der Waals surface area contributed by atoms with Crippen LogP contribution in [-0.4, -0.2) is 58.0 Å². The fourth-order valence-electron chi connectivity index (χ4n) is 4.34. The normalized spacial score (nSPS) is 27.5. The van der Waals surface area contributed by atoms with E-state index in [9.17, 15) is 14.7 Å². The smallest absolute Gasteiger partial charge is 0.308 e. The lowest BCUT2D eigenvalue weighted by Gasteiger charge is -2.33. The molecule has 0 aromatic carbocycles. The zero-order chi connectivity index (χ0) is 17.4. The molecule has 25 heavy (non-hydrogen) atoms. The Kier molecular flexibility index (Phi) is 4.31. The van der Waals surface area contributed by atoms with Crippen LogP contribution in [0.2, 0.25) is 0 Å². The summed E-state index contributed by atoms with van der Waals surface area (Å²) in [5.41, 5.74) is 0. The molecule has 3 heterocycles. The summed E-state index contributed by atoms with van der Waals surface area (Å²) in [4.78, 5) is 36.8. The van der Waals surface area contributed by atoms with Gasteiger partial charge in [-0.3, -0.25) is 14.6 Å². The Morgan fingerprint density at radius 2 is 1.84 bits per heavy atom. The lowest BCUT2D eigenvalue weighted by atomic mass is 9.92. The van der Waals surface area contributed by atoms with E-state index >= 15 is 0 Å². The van der Waals surface area contributed by atoms with Gasteiger partial charge in [0, 0.05) is 44.5 Å². The molecule has 1 aromatic rings. The summed E-state index contributed by atoms with van der Waals surface area (Å²) in [6.07, 6.45) is 8.90. The van der Waals surface area contributed by atoms with Crippen molar-refractivity contribution >= 4 is 17.7 Å². The SMILES string of the molecule is O=C(O)[C@H]1CN(C(=O)C2CCN(c3cnccn3)CC2)C[C@@H]1C1CC1. The summed E-state index contributed by atoms with van der Waals surface area (Å²) in [6, 6.07) is 0. The number of carbonyl (C=O) groups is 2. The molecule has 7 heteroatoms. The monoisotopic (exact) mass is 344 g/mol. The van der Waals surface area contributed by atoms with Gasteiger partial charge < -0.3 is 14.9 Å². The Balaban J connectivity index is 1.35.